The molecule has 1 aliphatic carbocycles. The third kappa shape index (κ3) is 2.08. The predicted octanol–water partition coefficient (Wildman–Crippen LogP) is -0.216. The number of aliphatic hydroxyl groups is 4. The van der Waals surface area contributed by atoms with Crippen LogP contribution >= 0.6 is 0 Å². The normalized spacial score (nSPS) is 37.1. The molecule has 0 aromatic carbocycles. The van der Waals surface area contributed by atoms with Crippen LogP contribution in [0, 0.1) is 0 Å². The summed E-state index contributed by atoms with van der Waals surface area (Å²) in [7, 11) is 0. The Bertz CT molecular complexity index is 185. The molecule has 4 atom stereocenters. The van der Waals surface area contributed by atoms with Crippen LogP contribution in [0.1, 0.15) is 39.0 Å². The first-order chi connectivity index (χ1) is 6.52. The van der Waals surface area contributed by atoms with Gasteiger partial charge in [-0.25, -0.2) is 0 Å². The molecule has 4 heteroatoms. The van der Waals surface area contributed by atoms with Crippen LogP contribution in [-0.2, 0) is 0 Å². The van der Waals surface area contributed by atoms with E-state index < -0.39 is 23.9 Å². The van der Waals surface area contributed by atoms with Gasteiger partial charge >= 0.3 is 0 Å². The van der Waals surface area contributed by atoms with E-state index in [1.165, 1.54) is 0 Å². The first kappa shape index (κ1) is 11.9. The molecule has 4 N–H and O–H groups in total. The molecule has 1 rings (SSSR count). The summed E-state index contributed by atoms with van der Waals surface area (Å²) in [5, 5.41) is 38.7. The lowest BCUT2D eigenvalue weighted by molar-refractivity contribution is -0.164. The fourth-order valence-corrected chi connectivity index (χ4v) is 2.13. The molecule has 0 aliphatic heterocycles. The fourth-order valence-electron chi connectivity index (χ4n) is 2.13. The van der Waals surface area contributed by atoms with E-state index in [4.69, 9.17) is 0 Å². The van der Waals surface area contributed by atoms with Crippen LogP contribution in [0.3, 0.4) is 0 Å². The molecule has 0 aromatic rings. The van der Waals surface area contributed by atoms with Crippen LogP contribution in [0.25, 0.3) is 0 Å². The Morgan fingerprint density at radius 3 is 2.50 bits per heavy atom. The summed E-state index contributed by atoms with van der Waals surface area (Å²) in [5.74, 6) is 0. The molecular formula is C10H20O4. The van der Waals surface area contributed by atoms with Crippen LogP contribution in [-0.4, -0.2) is 44.3 Å². The third-order valence-electron chi connectivity index (χ3n) is 3.09. The van der Waals surface area contributed by atoms with E-state index in [1.54, 1.807) is 0 Å². The maximum Gasteiger partial charge on any atom is 0.119 e. The monoisotopic (exact) mass is 204 g/mol. The first-order valence-corrected chi connectivity index (χ1v) is 5.29. The van der Waals surface area contributed by atoms with Crippen LogP contribution < -0.4 is 0 Å². The highest BCUT2D eigenvalue weighted by molar-refractivity contribution is 5.00. The van der Waals surface area contributed by atoms with Crippen LogP contribution in [0.5, 0.6) is 0 Å². The summed E-state index contributed by atoms with van der Waals surface area (Å²) in [6.07, 6.45) is -0.377. The van der Waals surface area contributed by atoms with Gasteiger partial charge in [-0.05, 0) is 25.7 Å². The van der Waals surface area contributed by atoms with Gasteiger partial charge in [0.15, 0.2) is 0 Å². The van der Waals surface area contributed by atoms with Gasteiger partial charge < -0.3 is 20.4 Å². The van der Waals surface area contributed by atoms with Crippen molar-refractivity contribution in [3.8, 4) is 0 Å². The third-order valence-corrected chi connectivity index (χ3v) is 3.09. The lowest BCUT2D eigenvalue weighted by Gasteiger charge is -2.34. The minimum atomic E-state index is -1.51. The molecule has 1 saturated carbocycles. The number of hydrogen-bond acceptors (Lipinski definition) is 4. The van der Waals surface area contributed by atoms with Gasteiger partial charge in [0, 0.05) is 0 Å². The highest BCUT2D eigenvalue weighted by Crippen LogP contribution is 2.34. The lowest BCUT2D eigenvalue weighted by atomic mass is 9.87. The van der Waals surface area contributed by atoms with E-state index in [9.17, 15) is 20.4 Å². The van der Waals surface area contributed by atoms with Crippen LogP contribution in [0.2, 0.25) is 0 Å². The maximum absolute atomic E-state index is 9.97. The summed E-state index contributed by atoms with van der Waals surface area (Å²) >= 11 is 0. The molecular weight excluding hydrogens is 184 g/mol. The standard InChI is InChI=1S/C10H20O4/c1-2-4-7(11)9(13)10(14)6-3-5-8(10)12/h7-9,11-14H,2-6H2,1H3. The van der Waals surface area contributed by atoms with Gasteiger partial charge in [0.25, 0.3) is 0 Å². The van der Waals surface area contributed by atoms with E-state index in [-0.39, 0.29) is 0 Å². The molecule has 14 heavy (non-hydrogen) atoms. The van der Waals surface area contributed by atoms with E-state index >= 15 is 0 Å². The topological polar surface area (TPSA) is 80.9 Å². The first-order valence-electron chi connectivity index (χ1n) is 5.29. The van der Waals surface area contributed by atoms with Crippen molar-refractivity contribution >= 4 is 0 Å². The Morgan fingerprint density at radius 2 is 2.07 bits per heavy atom. The summed E-state index contributed by atoms with van der Waals surface area (Å²) in [6, 6.07) is 0. The van der Waals surface area contributed by atoms with Crippen molar-refractivity contribution in [2.24, 2.45) is 0 Å². The zero-order valence-electron chi connectivity index (χ0n) is 8.56. The van der Waals surface area contributed by atoms with E-state index in [0.717, 1.165) is 6.42 Å². The van der Waals surface area contributed by atoms with Gasteiger partial charge in [-0.3, -0.25) is 0 Å². The van der Waals surface area contributed by atoms with E-state index in [2.05, 4.69) is 0 Å². The van der Waals surface area contributed by atoms with Gasteiger partial charge in [-0.1, -0.05) is 13.3 Å². The number of rotatable bonds is 4. The van der Waals surface area contributed by atoms with Crippen molar-refractivity contribution in [1.82, 2.24) is 0 Å². The molecule has 84 valence electrons. The molecule has 0 amide bonds. The summed E-state index contributed by atoms with van der Waals surface area (Å²) in [6.45, 7) is 1.89. The molecule has 0 aromatic heterocycles. The SMILES string of the molecule is CCCC(O)C(O)C1(O)CCCC1O. The van der Waals surface area contributed by atoms with Crippen molar-refractivity contribution in [1.29, 1.82) is 0 Å². The van der Waals surface area contributed by atoms with Crippen molar-refractivity contribution in [3.63, 3.8) is 0 Å². The van der Waals surface area contributed by atoms with Gasteiger partial charge in [-0.15, -0.1) is 0 Å². The van der Waals surface area contributed by atoms with Gasteiger partial charge in [-0.2, -0.15) is 0 Å². The molecule has 1 fully saturated rings. The maximum atomic E-state index is 9.97. The highest BCUT2D eigenvalue weighted by Gasteiger charge is 2.48. The summed E-state index contributed by atoms with van der Waals surface area (Å²) < 4.78 is 0. The second-order valence-electron chi connectivity index (χ2n) is 4.20. The molecule has 0 radical (unpaired) electrons. The lowest BCUT2D eigenvalue weighted by Crippen LogP contribution is -2.53. The summed E-state index contributed by atoms with van der Waals surface area (Å²) in [5.41, 5.74) is -1.51. The molecule has 0 saturated heterocycles. The van der Waals surface area contributed by atoms with Gasteiger partial charge in [0.2, 0.25) is 0 Å². The van der Waals surface area contributed by atoms with Crippen LogP contribution in [0.15, 0.2) is 0 Å². The molecule has 1 aliphatic rings. The zero-order chi connectivity index (χ0) is 10.8. The Hall–Kier alpha value is -0.160. The van der Waals surface area contributed by atoms with Gasteiger partial charge in [0.05, 0.1) is 12.2 Å². The predicted molar refractivity (Wildman–Crippen MR) is 51.7 cm³/mol. The Morgan fingerprint density at radius 1 is 1.43 bits per heavy atom. The Kier molecular flexibility index (Phi) is 3.89. The Balaban J connectivity index is 2.61. The molecule has 0 spiro atoms. The Labute approximate surface area is 84.2 Å². The van der Waals surface area contributed by atoms with E-state index in [1.807, 2.05) is 6.92 Å². The van der Waals surface area contributed by atoms with E-state index in [0.29, 0.717) is 25.7 Å². The molecule has 4 unspecified atom stereocenters. The van der Waals surface area contributed by atoms with Crippen LogP contribution in [0.4, 0.5) is 0 Å². The molecule has 0 bridgehead atoms. The van der Waals surface area contributed by atoms with Crippen molar-refractivity contribution in [2.45, 2.75) is 62.9 Å². The molecule has 4 nitrogen and oxygen atoms in total. The zero-order valence-corrected chi connectivity index (χ0v) is 8.56. The summed E-state index contributed by atoms with van der Waals surface area (Å²) in [4.78, 5) is 0. The minimum Gasteiger partial charge on any atom is -0.390 e. The fraction of sp³-hybridized carbons (Fsp3) is 1.00. The average molecular weight is 204 g/mol. The number of hydrogen-bond donors (Lipinski definition) is 4. The molecule has 0 heterocycles. The second-order valence-corrected chi connectivity index (χ2v) is 4.20. The smallest absolute Gasteiger partial charge is 0.119 e. The highest BCUT2D eigenvalue weighted by atomic mass is 16.4. The largest absolute Gasteiger partial charge is 0.390 e. The minimum absolute atomic E-state index is 0.357. The average Bonchev–Trinajstić information content (AvgIpc) is 2.47. The van der Waals surface area contributed by atoms with Crippen molar-refractivity contribution in [2.75, 3.05) is 0 Å². The number of aliphatic hydroxyl groups excluding tert-OH is 3. The van der Waals surface area contributed by atoms with Gasteiger partial charge in [0.1, 0.15) is 11.7 Å². The van der Waals surface area contributed by atoms with Crippen molar-refractivity contribution < 1.29 is 20.4 Å². The second kappa shape index (κ2) is 4.57. The quantitative estimate of drug-likeness (QED) is 0.510. The van der Waals surface area contributed by atoms with Crippen molar-refractivity contribution in [3.05, 3.63) is 0 Å².